The van der Waals surface area contributed by atoms with Gasteiger partial charge in [0.15, 0.2) is 0 Å². The van der Waals surface area contributed by atoms with E-state index < -0.39 is 5.79 Å². The fraction of sp³-hybridized carbons (Fsp3) is 0.586. The second kappa shape index (κ2) is 7.88. The van der Waals surface area contributed by atoms with Gasteiger partial charge in [0.1, 0.15) is 5.75 Å². The van der Waals surface area contributed by atoms with Gasteiger partial charge in [-0.15, -0.1) is 0 Å². The fourth-order valence-electron chi connectivity index (χ4n) is 7.83. The molecule has 4 bridgehead atoms. The number of benzene rings is 2. The summed E-state index contributed by atoms with van der Waals surface area (Å²) in [5.74, 6) is 2.74. The summed E-state index contributed by atoms with van der Waals surface area (Å²) in [6, 6.07) is 15.7. The smallest absolute Gasteiger partial charge is 0.226 e. The molecule has 5 fully saturated rings. The molecule has 4 aliphatic carbocycles. The van der Waals surface area contributed by atoms with Crippen molar-refractivity contribution in [2.24, 2.45) is 17.8 Å². The zero-order valence-electron chi connectivity index (χ0n) is 19.6. The van der Waals surface area contributed by atoms with E-state index in [0.717, 1.165) is 47.5 Å². The monoisotopic (exact) mass is 432 g/mol. The van der Waals surface area contributed by atoms with Gasteiger partial charge in [0.25, 0.3) is 0 Å². The van der Waals surface area contributed by atoms with Gasteiger partial charge in [0.05, 0.1) is 25.9 Å². The zero-order valence-corrected chi connectivity index (χ0v) is 19.6. The minimum atomic E-state index is -0.881. The van der Waals surface area contributed by atoms with E-state index >= 15 is 0 Å². The maximum absolute atomic E-state index is 6.43. The van der Waals surface area contributed by atoms with Gasteiger partial charge in [-0.3, -0.25) is 0 Å². The predicted molar refractivity (Wildman–Crippen MR) is 126 cm³/mol. The van der Waals surface area contributed by atoms with E-state index in [4.69, 9.17) is 14.2 Å². The third-order valence-corrected chi connectivity index (χ3v) is 8.77. The molecule has 1 aliphatic heterocycles. The molecule has 5 aliphatic rings. The van der Waals surface area contributed by atoms with E-state index in [1.54, 1.807) is 7.11 Å². The average Bonchev–Trinajstić information content (AvgIpc) is 3.29. The molecule has 0 unspecified atom stereocenters. The molecular formula is C29H36O3. The van der Waals surface area contributed by atoms with Crippen molar-refractivity contribution in [3.05, 3.63) is 64.7 Å². The lowest BCUT2D eigenvalue weighted by Crippen LogP contribution is -2.48. The van der Waals surface area contributed by atoms with E-state index in [0.29, 0.717) is 18.6 Å². The summed E-state index contributed by atoms with van der Waals surface area (Å²) in [7, 11) is 1.76. The molecule has 32 heavy (non-hydrogen) atoms. The number of rotatable bonds is 6. The molecule has 0 N–H and O–H groups in total. The van der Waals surface area contributed by atoms with Crippen LogP contribution in [0, 0.1) is 17.8 Å². The largest absolute Gasteiger partial charge is 0.496 e. The second-order valence-corrected chi connectivity index (χ2v) is 10.9. The van der Waals surface area contributed by atoms with Crippen LogP contribution in [0.3, 0.4) is 0 Å². The van der Waals surface area contributed by atoms with Gasteiger partial charge in [-0.2, -0.15) is 0 Å². The Hall–Kier alpha value is -1.84. The van der Waals surface area contributed by atoms with Crippen LogP contribution in [0.4, 0.5) is 0 Å². The molecule has 0 radical (unpaired) electrons. The molecule has 0 spiro atoms. The Morgan fingerprint density at radius 2 is 1.44 bits per heavy atom. The summed E-state index contributed by atoms with van der Waals surface area (Å²) in [5, 5.41) is 0. The topological polar surface area (TPSA) is 27.7 Å². The van der Waals surface area contributed by atoms with Crippen molar-refractivity contribution < 1.29 is 14.2 Å². The molecule has 3 nitrogen and oxygen atoms in total. The van der Waals surface area contributed by atoms with Gasteiger partial charge in [0, 0.05) is 5.56 Å². The Kier molecular flexibility index (Phi) is 5.11. The molecule has 170 valence electrons. The van der Waals surface area contributed by atoms with Gasteiger partial charge in [0.2, 0.25) is 5.79 Å². The Bertz CT molecular complexity index is 935. The quantitative estimate of drug-likeness (QED) is 0.531. The van der Waals surface area contributed by atoms with Gasteiger partial charge in [-0.25, -0.2) is 0 Å². The van der Waals surface area contributed by atoms with Gasteiger partial charge < -0.3 is 14.2 Å². The molecule has 0 aromatic heterocycles. The number of aryl methyl sites for hydroxylation is 1. The Labute approximate surface area is 192 Å². The summed E-state index contributed by atoms with van der Waals surface area (Å²) < 4.78 is 18.7. The van der Waals surface area contributed by atoms with Gasteiger partial charge >= 0.3 is 0 Å². The van der Waals surface area contributed by atoms with E-state index in [1.807, 2.05) is 0 Å². The van der Waals surface area contributed by atoms with Crippen molar-refractivity contribution in [2.45, 2.75) is 69.5 Å². The highest BCUT2D eigenvalue weighted by Gasteiger charge is 2.52. The van der Waals surface area contributed by atoms with Crippen LogP contribution in [0.15, 0.2) is 42.5 Å². The first-order valence-corrected chi connectivity index (χ1v) is 12.7. The molecule has 1 saturated heterocycles. The Morgan fingerprint density at radius 3 is 2.00 bits per heavy atom. The maximum Gasteiger partial charge on any atom is 0.226 e. The lowest BCUT2D eigenvalue weighted by atomic mass is 9.48. The lowest BCUT2D eigenvalue weighted by molar-refractivity contribution is -0.131. The van der Waals surface area contributed by atoms with Crippen molar-refractivity contribution in [2.75, 3.05) is 20.3 Å². The van der Waals surface area contributed by atoms with Crippen molar-refractivity contribution >= 4 is 0 Å². The lowest BCUT2D eigenvalue weighted by Gasteiger charge is -2.57. The van der Waals surface area contributed by atoms with Crippen LogP contribution in [0.25, 0.3) is 0 Å². The fourth-order valence-corrected chi connectivity index (χ4v) is 7.83. The highest BCUT2D eigenvalue weighted by molar-refractivity contribution is 5.48. The van der Waals surface area contributed by atoms with Crippen molar-refractivity contribution in [1.82, 2.24) is 0 Å². The van der Waals surface area contributed by atoms with Crippen LogP contribution in [-0.2, 0) is 27.1 Å². The van der Waals surface area contributed by atoms with Crippen LogP contribution >= 0.6 is 0 Å². The first-order chi connectivity index (χ1) is 15.6. The van der Waals surface area contributed by atoms with E-state index in [1.165, 1.54) is 49.7 Å². The van der Waals surface area contributed by atoms with Crippen LogP contribution in [-0.4, -0.2) is 20.3 Å². The summed E-state index contributed by atoms with van der Waals surface area (Å²) in [6.07, 6.45) is 10.7. The molecular weight excluding hydrogens is 396 g/mol. The number of hydrogen-bond donors (Lipinski definition) is 0. The third kappa shape index (κ3) is 3.23. The summed E-state index contributed by atoms with van der Waals surface area (Å²) in [5.41, 5.74) is 5.28. The normalized spacial score (nSPS) is 32.4. The number of methoxy groups -OCH3 is 1. The summed E-state index contributed by atoms with van der Waals surface area (Å²) >= 11 is 0. The summed E-state index contributed by atoms with van der Waals surface area (Å²) in [4.78, 5) is 0. The Morgan fingerprint density at radius 1 is 0.844 bits per heavy atom. The van der Waals surface area contributed by atoms with E-state index in [-0.39, 0.29) is 0 Å². The standard InChI is InChI=1S/C29H36O3/c1-3-4-20-5-7-24(8-6-20)29(31-11-12-32-29)26-16-25(9-10-27(26)30-2)28-17-21-13-22(18-28)15-23(14-21)19-28/h5-10,16,21-23H,3-4,11-15,17-19H2,1-2H3. The molecule has 2 aromatic carbocycles. The van der Waals surface area contributed by atoms with Gasteiger partial charge in [-0.05, 0) is 91.4 Å². The zero-order chi connectivity index (χ0) is 21.8. The first kappa shape index (κ1) is 20.7. The van der Waals surface area contributed by atoms with Crippen LogP contribution in [0.2, 0.25) is 0 Å². The minimum Gasteiger partial charge on any atom is -0.496 e. The van der Waals surface area contributed by atoms with Crippen LogP contribution in [0.5, 0.6) is 5.75 Å². The minimum absolute atomic E-state index is 0.334. The Balaban J connectivity index is 1.44. The van der Waals surface area contributed by atoms with Gasteiger partial charge in [-0.1, -0.05) is 43.7 Å². The molecule has 1 heterocycles. The van der Waals surface area contributed by atoms with Crippen molar-refractivity contribution in [3.8, 4) is 5.75 Å². The second-order valence-electron chi connectivity index (χ2n) is 10.9. The van der Waals surface area contributed by atoms with Crippen molar-refractivity contribution in [3.63, 3.8) is 0 Å². The molecule has 7 rings (SSSR count). The molecule has 0 atom stereocenters. The number of ether oxygens (including phenoxy) is 3. The highest BCUT2D eigenvalue weighted by atomic mass is 16.7. The van der Waals surface area contributed by atoms with E-state index in [2.05, 4.69) is 49.4 Å². The first-order valence-electron chi connectivity index (χ1n) is 12.7. The predicted octanol–water partition coefficient (Wildman–Crippen LogP) is 6.36. The van der Waals surface area contributed by atoms with Crippen molar-refractivity contribution in [1.29, 1.82) is 0 Å². The molecule has 2 aromatic rings. The highest BCUT2D eigenvalue weighted by Crippen LogP contribution is 2.61. The summed E-state index contributed by atoms with van der Waals surface area (Å²) in [6.45, 7) is 3.42. The van der Waals surface area contributed by atoms with Crippen LogP contribution in [0.1, 0.15) is 74.1 Å². The molecule has 0 amide bonds. The average molecular weight is 433 g/mol. The van der Waals surface area contributed by atoms with Crippen LogP contribution < -0.4 is 4.74 Å². The molecule has 4 saturated carbocycles. The molecule has 3 heteroatoms. The third-order valence-electron chi connectivity index (χ3n) is 8.77. The van der Waals surface area contributed by atoms with E-state index in [9.17, 15) is 0 Å². The number of hydrogen-bond acceptors (Lipinski definition) is 3. The maximum atomic E-state index is 6.43. The SMILES string of the molecule is CCCc1ccc(C2(c3cc(C45CC6CC(CC(C6)C4)C5)ccc3OC)OCCO2)cc1.